The van der Waals surface area contributed by atoms with Crippen LogP contribution in [0.5, 0.6) is 0 Å². The third kappa shape index (κ3) is 85.5. The van der Waals surface area contributed by atoms with Crippen LogP contribution in [0.2, 0.25) is 0 Å². The van der Waals surface area contributed by atoms with Gasteiger partial charge in [-0.05, 0) is 11.1 Å². The second-order valence-corrected chi connectivity index (χ2v) is 22.4. The molecule has 2 rings (SSSR count). The monoisotopic (exact) mass is 955 g/mol. The molecular weight excluding hydrogens is 940 g/mol. The van der Waals surface area contributed by atoms with Crippen LogP contribution in [0.3, 0.4) is 0 Å². The van der Waals surface area contributed by atoms with E-state index in [4.69, 9.17) is 0 Å². The Kier molecular flexibility index (Phi) is 40.1. The summed E-state index contributed by atoms with van der Waals surface area (Å²) in [6.45, 7) is 0. The Hall–Kier alpha value is 4.18. The minimum Gasteiger partial charge on any atom is -0.850 e. The maximum atomic E-state index is 9.29. The van der Waals surface area contributed by atoms with Crippen molar-refractivity contribution in [2.45, 2.75) is 0 Å². The summed E-state index contributed by atoms with van der Waals surface area (Å²) in [6, 6.07) is 20.8. The summed E-state index contributed by atoms with van der Waals surface area (Å²) in [5.41, 5.74) is -12.3. The largest absolute Gasteiger partial charge is 4.00 e. The van der Waals surface area contributed by atoms with Crippen molar-refractivity contribution in [3.63, 3.8) is 0 Å². The maximum absolute atomic E-state index is 9.29. The number of hydrogen-bond donors (Lipinski definition) is 0. The standard InChI is InChI=1S/C12H10.3Mo.4H3O2PS2/c1-3-7-11(8-4-1)12-9-5-2-6-10-12;;;;4*1-3(2,4)5/h1-10H;;;;4*(H3,1,2,4,5)/q;3*+4;;;;/p-12. The molecule has 35 heavy (non-hydrogen) atoms. The van der Waals surface area contributed by atoms with Gasteiger partial charge in [-0.15, -0.1) is 0 Å². The molecule has 0 saturated carbocycles. The van der Waals surface area contributed by atoms with E-state index >= 15 is 0 Å². The van der Waals surface area contributed by atoms with Gasteiger partial charge in [0.1, 0.15) is 0 Å². The first-order chi connectivity index (χ1) is 14.0. The van der Waals surface area contributed by atoms with Gasteiger partial charge >= 0.3 is 63.2 Å². The van der Waals surface area contributed by atoms with Crippen molar-refractivity contribution < 1.29 is 102 Å². The third-order valence-corrected chi connectivity index (χ3v) is 1.88. The van der Waals surface area contributed by atoms with Gasteiger partial charge in [-0.3, -0.25) is 0 Å². The summed E-state index contributed by atoms with van der Waals surface area (Å²) < 4.78 is 0. The summed E-state index contributed by atoms with van der Waals surface area (Å²) in [5, 5.41) is 0. The molecular formula is C12H10Mo3O8P4S8. The molecule has 0 aliphatic carbocycles. The van der Waals surface area contributed by atoms with Gasteiger partial charge in [-0.2, -0.15) is 47.2 Å². The molecule has 0 unspecified atom stereocenters. The molecule has 0 bridgehead atoms. The molecule has 23 heteroatoms. The van der Waals surface area contributed by atoms with Crippen LogP contribution in [-0.2, 0) is 159 Å². The van der Waals surface area contributed by atoms with Crippen molar-refractivity contribution in [1.29, 1.82) is 0 Å². The van der Waals surface area contributed by atoms with Crippen LogP contribution in [0.1, 0.15) is 0 Å². The molecule has 0 atom stereocenters. The Labute approximate surface area is 289 Å². The third-order valence-electron chi connectivity index (χ3n) is 1.88. The van der Waals surface area contributed by atoms with E-state index in [1.54, 1.807) is 0 Å². The van der Waals surface area contributed by atoms with Crippen molar-refractivity contribution in [3.05, 3.63) is 60.7 Å². The zero-order valence-electron chi connectivity index (χ0n) is 16.3. The van der Waals surface area contributed by atoms with E-state index in [0.29, 0.717) is 0 Å². The quantitative estimate of drug-likeness (QED) is 0.163. The summed E-state index contributed by atoms with van der Waals surface area (Å²) in [4.78, 5) is 74.3. The van der Waals surface area contributed by atoms with Crippen molar-refractivity contribution in [1.82, 2.24) is 0 Å². The average Bonchev–Trinajstić information content (AvgIpc) is 2.50. The van der Waals surface area contributed by atoms with Crippen LogP contribution in [0.25, 0.3) is 11.1 Å². The Balaban J connectivity index is -0.0000000796. The van der Waals surface area contributed by atoms with Crippen molar-refractivity contribution in [2.24, 2.45) is 0 Å². The van der Waals surface area contributed by atoms with Gasteiger partial charge < -0.3 is 111 Å². The van der Waals surface area contributed by atoms with E-state index in [9.17, 15) is 39.1 Å². The first-order valence-electron chi connectivity index (χ1n) is 6.99. The Morgan fingerprint density at radius 3 is 0.629 bits per heavy atom. The zero-order chi connectivity index (χ0) is 26.2. The SMILES string of the molecule is [Mo+4].[Mo+4].[Mo+4].[O-]P([O-])(=S)[S-].[O-]P([O-])(=S)[S-].[O-]P([O-])(=S)[S-].[O-]P([O-])(=S)[S-].c1ccc(-c2ccccc2)cc1. The normalized spacial score (nSPS) is 10.1. The minimum atomic E-state index is -3.72. The molecule has 0 amide bonds. The van der Waals surface area contributed by atoms with E-state index < -0.39 is 22.8 Å². The fourth-order valence-corrected chi connectivity index (χ4v) is 1.26. The smallest absolute Gasteiger partial charge is 0.850 e. The van der Waals surface area contributed by atoms with E-state index in [2.05, 4.69) is 145 Å². The van der Waals surface area contributed by atoms with Crippen LogP contribution in [0, 0.1) is 0 Å². The first kappa shape index (κ1) is 51.9. The Morgan fingerprint density at radius 2 is 0.514 bits per heavy atom. The van der Waals surface area contributed by atoms with Crippen LogP contribution in [0.15, 0.2) is 60.7 Å². The summed E-state index contributed by atoms with van der Waals surface area (Å²) in [7, 11) is 0. The van der Waals surface area contributed by atoms with Crippen molar-refractivity contribution >= 4 is 119 Å². The summed E-state index contributed by atoms with van der Waals surface area (Å²) >= 11 is 29.1. The first-order valence-corrected chi connectivity index (χ1v) is 21.6. The van der Waals surface area contributed by atoms with E-state index in [-0.39, 0.29) is 63.2 Å². The van der Waals surface area contributed by atoms with E-state index in [1.807, 2.05) is 12.1 Å². The van der Waals surface area contributed by atoms with Gasteiger partial charge in [0.25, 0.3) is 0 Å². The number of benzene rings is 2. The van der Waals surface area contributed by atoms with Gasteiger partial charge in [0.15, 0.2) is 0 Å². The second-order valence-electron chi connectivity index (χ2n) is 4.52. The fourth-order valence-electron chi connectivity index (χ4n) is 1.26. The van der Waals surface area contributed by atoms with Crippen molar-refractivity contribution in [2.75, 3.05) is 0 Å². The number of rotatable bonds is 1. The topological polar surface area (TPSA) is 184 Å². The maximum Gasteiger partial charge on any atom is 4.00 e. The summed E-state index contributed by atoms with van der Waals surface area (Å²) in [5.74, 6) is 0. The van der Waals surface area contributed by atoms with Gasteiger partial charge in [-0.25, -0.2) is 0 Å². The van der Waals surface area contributed by atoms with Crippen molar-refractivity contribution in [3.8, 4) is 11.1 Å². The van der Waals surface area contributed by atoms with E-state index in [0.717, 1.165) is 0 Å². The molecule has 2 aromatic rings. The Morgan fingerprint density at radius 1 is 0.400 bits per heavy atom. The fraction of sp³-hybridized carbons (Fsp3) is 0. The van der Waals surface area contributed by atoms with Crippen LogP contribution in [-0.4, -0.2) is 0 Å². The molecule has 8 nitrogen and oxygen atoms in total. The van der Waals surface area contributed by atoms with Crippen LogP contribution < -0.4 is 39.1 Å². The molecule has 0 aromatic heterocycles. The molecule has 0 saturated heterocycles. The van der Waals surface area contributed by atoms with E-state index in [1.165, 1.54) is 11.1 Å². The molecule has 0 spiro atoms. The zero-order valence-corrected chi connectivity index (χ0v) is 32.4. The van der Waals surface area contributed by atoms with Gasteiger partial charge in [0.05, 0.1) is 0 Å². The number of hydrogen-bond acceptors (Lipinski definition) is 16. The van der Waals surface area contributed by atoms with Gasteiger partial charge in [-0.1, -0.05) is 60.7 Å². The molecule has 0 radical (unpaired) electrons. The molecule has 0 aliphatic heterocycles. The molecule has 0 N–H and O–H groups in total. The molecule has 2 aromatic carbocycles. The minimum absolute atomic E-state index is 0. The molecule has 192 valence electrons. The molecule has 0 heterocycles. The predicted octanol–water partition coefficient (Wildman–Crippen LogP) is -2.74. The van der Waals surface area contributed by atoms with Gasteiger partial charge in [0.2, 0.25) is 0 Å². The summed E-state index contributed by atoms with van der Waals surface area (Å²) in [6.07, 6.45) is 0. The van der Waals surface area contributed by atoms with Crippen LogP contribution in [0.4, 0.5) is 0 Å². The van der Waals surface area contributed by atoms with Crippen LogP contribution >= 0.6 is 22.8 Å². The predicted molar refractivity (Wildman–Crippen MR) is 138 cm³/mol. The Bertz CT molecular complexity index is 793. The van der Waals surface area contributed by atoms with Gasteiger partial charge in [0, 0.05) is 0 Å². The second kappa shape index (κ2) is 27.0. The average molecular weight is 950 g/mol. The molecule has 0 fully saturated rings. The molecule has 0 aliphatic rings.